The lowest BCUT2D eigenvalue weighted by atomic mass is 9.73. The molecule has 1 atom stereocenters. The molecule has 0 bridgehead atoms. The molecule has 3 rings (SSSR count). The van der Waals surface area contributed by atoms with Gasteiger partial charge in [0.25, 0.3) is 0 Å². The molecule has 24 heavy (non-hydrogen) atoms. The Labute approximate surface area is 140 Å². The molecule has 2 aromatic rings. The fourth-order valence-corrected chi connectivity index (χ4v) is 3.06. The fraction of sp³-hybridized carbons (Fsp3) is 0.263. The van der Waals surface area contributed by atoms with Gasteiger partial charge in [-0.05, 0) is 36.6 Å². The minimum Gasteiger partial charge on any atom is -0.355 e. The molecule has 1 saturated heterocycles. The van der Waals surface area contributed by atoms with Gasteiger partial charge in [-0.1, -0.05) is 36.4 Å². The zero-order chi connectivity index (χ0) is 17.2. The predicted molar refractivity (Wildman–Crippen MR) is 90.1 cm³/mol. The molecule has 2 aromatic carbocycles. The first kappa shape index (κ1) is 16.2. The monoisotopic (exact) mass is 326 g/mol. The van der Waals surface area contributed by atoms with Crippen LogP contribution in [0.15, 0.2) is 48.5 Å². The number of benzene rings is 2. The summed E-state index contributed by atoms with van der Waals surface area (Å²) in [5.41, 5.74) is 0.936. The number of piperidine rings is 1. The summed E-state index contributed by atoms with van der Waals surface area (Å²) in [7, 11) is 0. The lowest BCUT2D eigenvalue weighted by Gasteiger charge is -2.36. The van der Waals surface area contributed by atoms with E-state index >= 15 is 0 Å². The van der Waals surface area contributed by atoms with Crippen molar-refractivity contribution in [3.05, 3.63) is 65.5 Å². The van der Waals surface area contributed by atoms with Crippen LogP contribution in [0.2, 0.25) is 0 Å². The maximum Gasteiger partial charge on any atom is 0.236 e. The first-order valence-electron chi connectivity index (χ1n) is 7.91. The number of carbonyl (C=O) groups is 2. The number of nitrogens with one attached hydrogen (secondary N) is 2. The summed E-state index contributed by atoms with van der Waals surface area (Å²) in [6, 6.07) is 13.9. The minimum absolute atomic E-state index is 0.0731. The van der Waals surface area contributed by atoms with Gasteiger partial charge >= 0.3 is 0 Å². The van der Waals surface area contributed by atoms with Gasteiger partial charge in [-0.25, -0.2) is 4.39 Å². The summed E-state index contributed by atoms with van der Waals surface area (Å²) in [4.78, 5) is 24.6. The SMILES string of the molecule is Cc1ccc(F)c(NC(=O)[C@]2(c3ccccc3)CCC(=O)NC2)c1. The second-order valence-electron chi connectivity index (χ2n) is 6.16. The van der Waals surface area contributed by atoms with Gasteiger partial charge in [0.1, 0.15) is 5.82 Å². The van der Waals surface area contributed by atoms with E-state index < -0.39 is 11.2 Å². The average Bonchev–Trinajstić information content (AvgIpc) is 2.60. The molecule has 1 aliphatic heterocycles. The highest BCUT2D eigenvalue weighted by Gasteiger charge is 2.43. The molecule has 0 radical (unpaired) electrons. The molecule has 0 spiro atoms. The van der Waals surface area contributed by atoms with Gasteiger partial charge in [0.15, 0.2) is 0 Å². The first-order chi connectivity index (χ1) is 11.5. The molecule has 2 amide bonds. The van der Waals surface area contributed by atoms with Gasteiger partial charge < -0.3 is 10.6 Å². The molecule has 0 unspecified atom stereocenters. The van der Waals surface area contributed by atoms with Crippen molar-refractivity contribution in [3.63, 3.8) is 0 Å². The van der Waals surface area contributed by atoms with E-state index in [1.807, 2.05) is 37.3 Å². The Balaban J connectivity index is 1.95. The van der Waals surface area contributed by atoms with Crippen LogP contribution in [0.1, 0.15) is 24.0 Å². The third kappa shape index (κ3) is 3.02. The summed E-state index contributed by atoms with van der Waals surface area (Å²) < 4.78 is 14.0. The van der Waals surface area contributed by atoms with Crippen molar-refractivity contribution in [3.8, 4) is 0 Å². The third-order valence-electron chi connectivity index (χ3n) is 4.50. The van der Waals surface area contributed by atoms with E-state index in [0.29, 0.717) is 6.42 Å². The third-order valence-corrected chi connectivity index (χ3v) is 4.50. The van der Waals surface area contributed by atoms with E-state index in [9.17, 15) is 14.0 Å². The highest BCUT2D eigenvalue weighted by molar-refractivity contribution is 6.01. The minimum atomic E-state index is -0.897. The van der Waals surface area contributed by atoms with Crippen molar-refractivity contribution >= 4 is 17.5 Å². The maximum absolute atomic E-state index is 14.0. The lowest BCUT2D eigenvalue weighted by molar-refractivity contribution is -0.127. The predicted octanol–water partition coefficient (Wildman–Crippen LogP) is 2.92. The number of hydrogen-bond donors (Lipinski definition) is 2. The second kappa shape index (κ2) is 6.43. The summed E-state index contributed by atoms with van der Waals surface area (Å²) in [5.74, 6) is -0.855. The number of halogens is 1. The van der Waals surface area contributed by atoms with Crippen LogP contribution in [0.3, 0.4) is 0 Å². The number of aryl methyl sites for hydroxylation is 1. The van der Waals surface area contributed by atoms with E-state index in [4.69, 9.17) is 0 Å². The molecule has 1 aliphatic rings. The van der Waals surface area contributed by atoms with Crippen LogP contribution in [0.4, 0.5) is 10.1 Å². The van der Waals surface area contributed by atoms with E-state index in [1.54, 1.807) is 12.1 Å². The Bertz CT molecular complexity index is 764. The van der Waals surface area contributed by atoms with Gasteiger partial charge in [0, 0.05) is 13.0 Å². The van der Waals surface area contributed by atoms with Crippen molar-refractivity contribution in [2.24, 2.45) is 0 Å². The number of hydrogen-bond acceptors (Lipinski definition) is 2. The zero-order valence-corrected chi connectivity index (χ0v) is 13.4. The number of rotatable bonds is 3. The molecule has 1 fully saturated rings. The molecule has 1 heterocycles. The fourth-order valence-electron chi connectivity index (χ4n) is 3.06. The van der Waals surface area contributed by atoms with Gasteiger partial charge in [0.2, 0.25) is 11.8 Å². The first-order valence-corrected chi connectivity index (χ1v) is 7.91. The smallest absolute Gasteiger partial charge is 0.236 e. The quantitative estimate of drug-likeness (QED) is 0.911. The molecular formula is C19H19FN2O2. The van der Waals surface area contributed by atoms with Crippen LogP contribution in [0.5, 0.6) is 0 Å². The van der Waals surface area contributed by atoms with Gasteiger partial charge in [0.05, 0.1) is 11.1 Å². The highest BCUT2D eigenvalue weighted by atomic mass is 19.1. The molecule has 0 aromatic heterocycles. The summed E-state index contributed by atoms with van der Waals surface area (Å²) in [6.07, 6.45) is 0.654. The Kier molecular flexibility index (Phi) is 4.34. The summed E-state index contributed by atoms with van der Waals surface area (Å²) in [5, 5.41) is 5.48. The molecule has 2 N–H and O–H groups in total. The second-order valence-corrected chi connectivity index (χ2v) is 6.16. The Morgan fingerprint density at radius 3 is 2.62 bits per heavy atom. The van der Waals surface area contributed by atoms with Gasteiger partial charge in [-0.3, -0.25) is 9.59 Å². The van der Waals surface area contributed by atoms with Crippen LogP contribution in [-0.4, -0.2) is 18.4 Å². The number of amides is 2. The van der Waals surface area contributed by atoms with E-state index in [-0.39, 0.29) is 30.5 Å². The zero-order valence-electron chi connectivity index (χ0n) is 13.4. The van der Waals surface area contributed by atoms with Gasteiger partial charge in [-0.15, -0.1) is 0 Å². The molecule has 0 aliphatic carbocycles. The Morgan fingerprint density at radius 2 is 1.96 bits per heavy atom. The summed E-state index contributed by atoms with van der Waals surface area (Å²) in [6.45, 7) is 2.04. The van der Waals surface area contributed by atoms with Crippen molar-refractivity contribution in [1.29, 1.82) is 0 Å². The van der Waals surface area contributed by atoms with Crippen LogP contribution in [-0.2, 0) is 15.0 Å². The van der Waals surface area contributed by atoms with E-state index in [1.165, 1.54) is 6.07 Å². The van der Waals surface area contributed by atoms with Crippen LogP contribution >= 0.6 is 0 Å². The van der Waals surface area contributed by atoms with Crippen molar-refractivity contribution in [2.75, 3.05) is 11.9 Å². The molecule has 5 heteroatoms. The Hall–Kier alpha value is -2.69. The topological polar surface area (TPSA) is 58.2 Å². The largest absolute Gasteiger partial charge is 0.355 e. The molecular weight excluding hydrogens is 307 g/mol. The Morgan fingerprint density at radius 1 is 1.21 bits per heavy atom. The van der Waals surface area contributed by atoms with Crippen molar-refractivity contribution < 1.29 is 14.0 Å². The lowest BCUT2D eigenvalue weighted by Crippen LogP contribution is -2.53. The van der Waals surface area contributed by atoms with Crippen molar-refractivity contribution in [2.45, 2.75) is 25.2 Å². The van der Waals surface area contributed by atoms with Crippen LogP contribution in [0.25, 0.3) is 0 Å². The summed E-state index contributed by atoms with van der Waals surface area (Å²) >= 11 is 0. The number of anilines is 1. The van der Waals surface area contributed by atoms with E-state index in [0.717, 1.165) is 11.1 Å². The average molecular weight is 326 g/mol. The van der Waals surface area contributed by atoms with Crippen LogP contribution < -0.4 is 10.6 Å². The van der Waals surface area contributed by atoms with Crippen LogP contribution in [0, 0.1) is 12.7 Å². The molecule has 4 nitrogen and oxygen atoms in total. The van der Waals surface area contributed by atoms with E-state index in [2.05, 4.69) is 10.6 Å². The number of carbonyl (C=O) groups excluding carboxylic acids is 2. The van der Waals surface area contributed by atoms with Gasteiger partial charge in [-0.2, -0.15) is 0 Å². The molecule has 0 saturated carbocycles. The standard InChI is InChI=1S/C19H19FN2O2/c1-13-7-8-15(20)16(11-13)22-18(24)19(10-9-17(23)21-12-19)14-5-3-2-4-6-14/h2-8,11H,9-10,12H2,1H3,(H,21,23)(H,22,24)/t19-/m1/s1. The highest BCUT2D eigenvalue weighted by Crippen LogP contribution is 2.33. The molecule has 124 valence electrons. The van der Waals surface area contributed by atoms with Crippen molar-refractivity contribution in [1.82, 2.24) is 5.32 Å². The normalized spacial score (nSPS) is 20.3. The maximum atomic E-state index is 14.0.